The van der Waals surface area contributed by atoms with Crippen LogP contribution in [-0.2, 0) is 14.4 Å². The van der Waals surface area contributed by atoms with Crippen LogP contribution >= 0.6 is 0 Å². The van der Waals surface area contributed by atoms with Gasteiger partial charge in [-0.05, 0) is 59.9 Å². The number of rotatable bonds is 5. The standard InChI is InChI=1S/C32H36N2O4/c1-19-8-6-7-9-22(19)34-27(37)18-38-21-12-10-20(11-13-21)28-29-23(14-31(2,3)16-25(29)35)33-24-15-32(4,5)17-26(36)30(24)28/h6-13,28,33H,14-18H2,1-5H3,(H,34,37). The van der Waals surface area contributed by atoms with Crippen molar-refractivity contribution in [1.82, 2.24) is 5.32 Å². The summed E-state index contributed by atoms with van der Waals surface area (Å²) >= 11 is 0. The summed E-state index contributed by atoms with van der Waals surface area (Å²) in [6.07, 6.45) is 2.47. The highest BCUT2D eigenvalue weighted by atomic mass is 16.5. The van der Waals surface area contributed by atoms with Crippen molar-refractivity contribution < 1.29 is 19.1 Å². The molecule has 2 aromatic rings. The molecule has 1 heterocycles. The number of dihydropyridines is 1. The van der Waals surface area contributed by atoms with E-state index in [4.69, 9.17) is 4.74 Å². The van der Waals surface area contributed by atoms with Crippen LogP contribution in [0, 0.1) is 17.8 Å². The number of hydrogen-bond donors (Lipinski definition) is 2. The molecule has 0 atom stereocenters. The fraction of sp³-hybridized carbons (Fsp3) is 0.406. The number of amides is 1. The van der Waals surface area contributed by atoms with Crippen LogP contribution in [0.5, 0.6) is 5.75 Å². The average Bonchev–Trinajstić information content (AvgIpc) is 2.81. The molecule has 0 bridgehead atoms. The average molecular weight is 513 g/mol. The number of ketones is 2. The van der Waals surface area contributed by atoms with Crippen LogP contribution in [0.2, 0.25) is 0 Å². The van der Waals surface area contributed by atoms with Gasteiger partial charge in [0.1, 0.15) is 5.75 Å². The Bertz CT molecular complexity index is 1330. The first-order valence-corrected chi connectivity index (χ1v) is 13.3. The number of benzene rings is 2. The van der Waals surface area contributed by atoms with Gasteiger partial charge in [0.25, 0.3) is 5.91 Å². The zero-order valence-corrected chi connectivity index (χ0v) is 22.9. The van der Waals surface area contributed by atoms with Crippen LogP contribution < -0.4 is 15.4 Å². The maximum atomic E-state index is 13.5. The van der Waals surface area contributed by atoms with Crippen LogP contribution in [0.25, 0.3) is 0 Å². The lowest BCUT2D eigenvalue weighted by Gasteiger charge is -2.44. The van der Waals surface area contributed by atoms with E-state index in [1.807, 2.05) is 55.5 Å². The van der Waals surface area contributed by atoms with Gasteiger partial charge in [-0.25, -0.2) is 0 Å². The largest absolute Gasteiger partial charge is 0.484 e. The Morgan fingerprint density at radius 2 is 1.42 bits per heavy atom. The normalized spacial score (nSPS) is 20.4. The van der Waals surface area contributed by atoms with Gasteiger partial charge in [-0.2, -0.15) is 0 Å². The maximum absolute atomic E-state index is 13.5. The van der Waals surface area contributed by atoms with Crippen molar-refractivity contribution in [2.24, 2.45) is 10.8 Å². The van der Waals surface area contributed by atoms with Gasteiger partial charge in [0, 0.05) is 47.0 Å². The number of hydrogen-bond acceptors (Lipinski definition) is 5. The molecular formula is C32H36N2O4. The van der Waals surface area contributed by atoms with E-state index in [0.29, 0.717) is 18.6 Å². The third-order valence-corrected chi connectivity index (χ3v) is 7.72. The number of carbonyl (C=O) groups excluding carboxylic acids is 3. The summed E-state index contributed by atoms with van der Waals surface area (Å²) in [4.78, 5) is 39.3. The number of carbonyl (C=O) groups is 3. The molecule has 2 aliphatic carbocycles. The van der Waals surface area contributed by atoms with Crippen molar-refractivity contribution in [2.75, 3.05) is 11.9 Å². The van der Waals surface area contributed by atoms with Crippen molar-refractivity contribution in [3.63, 3.8) is 0 Å². The lowest BCUT2D eigenvalue weighted by molar-refractivity contribution is -0.119. The fourth-order valence-corrected chi connectivity index (χ4v) is 6.03. The quantitative estimate of drug-likeness (QED) is 0.514. The van der Waals surface area contributed by atoms with Crippen molar-refractivity contribution in [2.45, 2.75) is 66.2 Å². The molecule has 0 unspecified atom stereocenters. The molecule has 0 radical (unpaired) electrons. The number of anilines is 1. The van der Waals surface area contributed by atoms with Gasteiger partial charge in [0.15, 0.2) is 18.2 Å². The monoisotopic (exact) mass is 512 g/mol. The van der Waals surface area contributed by atoms with E-state index < -0.39 is 0 Å². The van der Waals surface area contributed by atoms with Gasteiger partial charge in [0.05, 0.1) is 0 Å². The summed E-state index contributed by atoms with van der Waals surface area (Å²) < 4.78 is 5.75. The van der Waals surface area contributed by atoms with Crippen LogP contribution in [-0.4, -0.2) is 24.1 Å². The van der Waals surface area contributed by atoms with Gasteiger partial charge in [0.2, 0.25) is 0 Å². The van der Waals surface area contributed by atoms with Gasteiger partial charge in [-0.3, -0.25) is 14.4 Å². The molecule has 6 heteroatoms. The van der Waals surface area contributed by atoms with Crippen LogP contribution in [0.1, 0.15) is 70.4 Å². The summed E-state index contributed by atoms with van der Waals surface area (Å²) in [7, 11) is 0. The SMILES string of the molecule is Cc1ccccc1NC(=O)COc1ccc(C2C3=C(CC(C)(C)CC3=O)NC3=C2C(=O)CC(C)(C)C3)cc1. The summed E-state index contributed by atoms with van der Waals surface area (Å²) in [5.74, 6) is 0.138. The van der Waals surface area contributed by atoms with E-state index in [2.05, 4.69) is 38.3 Å². The highest BCUT2D eigenvalue weighted by Crippen LogP contribution is 2.51. The number of Topliss-reactive ketones (excluding diaryl/α,β-unsaturated/α-hetero) is 2. The summed E-state index contributed by atoms with van der Waals surface area (Å²) in [5, 5.41) is 6.42. The Hall–Kier alpha value is -3.67. The number of allylic oxidation sites excluding steroid dienone is 4. The highest BCUT2D eigenvalue weighted by molar-refractivity contribution is 6.06. The molecule has 2 N–H and O–H groups in total. The van der Waals surface area contributed by atoms with Crippen molar-refractivity contribution >= 4 is 23.2 Å². The third kappa shape index (κ3) is 5.17. The third-order valence-electron chi connectivity index (χ3n) is 7.72. The van der Waals surface area contributed by atoms with Gasteiger partial charge < -0.3 is 15.4 Å². The number of para-hydroxylation sites is 1. The molecule has 198 valence electrons. The molecule has 0 saturated carbocycles. The van der Waals surface area contributed by atoms with Gasteiger partial charge in [-0.15, -0.1) is 0 Å². The lowest BCUT2D eigenvalue weighted by Crippen LogP contribution is -2.42. The molecular weight excluding hydrogens is 476 g/mol. The molecule has 2 aromatic carbocycles. The molecule has 5 rings (SSSR count). The molecule has 3 aliphatic rings. The van der Waals surface area contributed by atoms with Gasteiger partial charge >= 0.3 is 0 Å². The second-order valence-electron chi connectivity index (χ2n) is 12.4. The Morgan fingerprint density at radius 3 is 1.97 bits per heavy atom. The molecule has 38 heavy (non-hydrogen) atoms. The van der Waals surface area contributed by atoms with E-state index in [0.717, 1.165) is 52.2 Å². The van der Waals surface area contributed by atoms with E-state index >= 15 is 0 Å². The molecule has 1 aliphatic heterocycles. The number of nitrogens with one attached hydrogen (secondary N) is 2. The van der Waals surface area contributed by atoms with Crippen molar-refractivity contribution in [1.29, 1.82) is 0 Å². The predicted molar refractivity (Wildman–Crippen MR) is 148 cm³/mol. The molecule has 0 fully saturated rings. The Balaban J connectivity index is 1.40. The number of ether oxygens (including phenoxy) is 1. The smallest absolute Gasteiger partial charge is 0.262 e. The minimum atomic E-state index is -0.383. The zero-order chi connectivity index (χ0) is 27.2. The molecule has 0 saturated heterocycles. The first kappa shape index (κ1) is 26.0. The minimum absolute atomic E-state index is 0.103. The first-order valence-electron chi connectivity index (χ1n) is 13.3. The topological polar surface area (TPSA) is 84.5 Å². The Kier molecular flexibility index (Phi) is 6.54. The van der Waals surface area contributed by atoms with E-state index in [1.54, 1.807) is 0 Å². The predicted octanol–water partition coefficient (Wildman–Crippen LogP) is 5.99. The second kappa shape index (κ2) is 9.57. The Labute approximate surface area is 224 Å². The zero-order valence-electron chi connectivity index (χ0n) is 22.9. The van der Waals surface area contributed by atoms with Crippen molar-refractivity contribution in [3.05, 3.63) is 82.2 Å². The lowest BCUT2D eigenvalue weighted by atomic mass is 9.64. The maximum Gasteiger partial charge on any atom is 0.262 e. The highest BCUT2D eigenvalue weighted by Gasteiger charge is 2.46. The minimum Gasteiger partial charge on any atom is -0.484 e. The molecule has 0 aromatic heterocycles. The Morgan fingerprint density at radius 1 is 0.868 bits per heavy atom. The van der Waals surface area contributed by atoms with Crippen LogP contribution in [0.15, 0.2) is 71.1 Å². The molecule has 1 amide bonds. The van der Waals surface area contributed by atoms with E-state index in [9.17, 15) is 14.4 Å². The van der Waals surface area contributed by atoms with Crippen LogP contribution in [0.4, 0.5) is 5.69 Å². The first-order chi connectivity index (χ1) is 17.9. The van der Waals surface area contributed by atoms with E-state index in [1.165, 1.54) is 0 Å². The second-order valence-corrected chi connectivity index (χ2v) is 12.4. The molecule has 0 spiro atoms. The summed E-state index contributed by atoms with van der Waals surface area (Å²) in [6.45, 7) is 10.3. The number of aryl methyl sites for hydroxylation is 1. The molecule has 6 nitrogen and oxygen atoms in total. The van der Waals surface area contributed by atoms with E-state index in [-0.39, 0.29) is 40.8 Å². The van der Waals surface area contributed by atoms with Gasteiger partial charge in [-0.1, -0.05) is 58.0 Å². The fourth-order valence-electron chi connectivity index (χ4n) is 6.03. The summed E-state index contributed by atoms with van der Waals surface area (Å²) in [6, 6.07) is 15.1. The van der Waals surface area contributed by atoms with Crippen molar-refractivity contribution in [3.8, 4) is 5.75 Å². The van der Waals surface area contributed by atoms with Crippen LogP contribution in [0.3, 0.4) is 0 Å². The summed E-state index contributed by atoms with van der Waals surface area (Å²) in [5.41, 5.74) is 5.73.